The number of halogens is 3. The van der Waals surface area contributed by atoms with Crippen LogP contribution in [0, 0.1) is 0 Å². The Balaban J connectivity index is 2.25. The van der Waals surface area contributed by atoms with Crippen LogP contribution in [-0.2, 0) is 6.42 Å². The Morgan fingerprint density at radius 2 is 1.86 bits per heavy atom. The van der Waals surface area contributed by atoms with Crippen molar-refractivity contribution in [3.05, 3.63) is 55.4 Å². The summed E-state index contributed by atoms with van der Waals surface area (Å²) in [5.41, 5.74) is 2.20. The summed E-state index contributed by atoms with van der Waals surface area (Å²) in [5.74, 6) is 0. The van der Waals surface area contributed by atoms with Crippen LogP contribution in [0.4, 0.5) is 0 Å². The largest absolute Gasteiger partial charge is 0.308 e. The van der Waals surface area contributed by atoms with E-state index in [1.54, 1.807) is 6.20 Å². The van der Waals surface area contributed by atoms with Crippen LogP contribution in [-0.4, -0.2) is 16.5 Å². The SMILES string of the molecule is CCCNC(Cc1cncc(Br)c1)c1ncc(Br)cc1Br. The predicted molar refractivity (Wildman–Crippen MR) is 96.3 cm³/mol. The number of rotatable bonds is 6. The lowest BCUT2D eigenvalue weighted by Gasteiger charge is -2.19. The predicted octanol–water partition coefficient (Wildman–Crippen LogP) is 5.05. The molecule has 0 aromatic carbocycles. The zero-order chi connectivity index (χ0) is 15.2. The Hall–Kier alpha value is -0.300. The molecule has 3 nitrogen and oxygen atoms in total. The van der Waals surface area contributed by atoms with E-state index in [2.05, 4.69) is 76.1 Å². The summed E-state index contributed by atoms with van der Waals surface area (Å²) in [7, 11) is 0. The highest BCUT2D eigenvalue weighted by molar-refractivity contribution is 9.11. The molecule has 2 heterocycles. The molecule has 1 atom stereocenters. The lowest BCUT2D eigenvalue weighted by Crippen LogP contribution is -2.25. The van der Waals surface area contributed by atoms with Crippen molar-refractivity contribution >= 4 is 47.8 Å². The highest BCUT2D eigenvalue weighted by Crippen LogP contribution is 2.27. The monoisotopic (exact) mass is 475 g/mol. The van der Waals surface area contributed by atoms with Gasteiger partial charge in [-0.25, -0.2) is 0 Å². The van der Waals surface area contributed by atoms with Crippen LogP contribution in [0.1, 0.15) is 30.6 Å². The normalized spacial score (nSPS) is 12.4. The molecule has 0 bridgehead atoms. The van der Waals surface area contributed by atoms with E-state index in [1.165, 1.54) is 5.56 Å². The average Bonchev–Trinajstić information content (AvgIpc) is 2.44. The van der Waals surface area contributed by atoms with Gasteiger partial charge in [-0.05, 0) is 84.9 Å². The fraction of sp³-hybridized carbons (Fsp3) is 0.333. The van der Waals surface area contributed by atoms with Crippen LogP contribution in [0.25, 0.3) is 0 Å². The van der Waals surface area contributed by atoms with Gasteiger partial charge in [0.25, 0.3) is 0 Å². The van der Waals surface area contributed by atoms with Crippen LogP contribution in [0.3, 0.4) is 0 Å². The topological polar surface area (TPSA) is 37.8 Å². The molecule has 0 saturated heterocycles. The van der Waals surface area contributed by atoms with Gasteiger partial charge in [-0.3, -0.25) is 9.97 Å². The maximum atomic E-state index is 4.56. The number of pyridine rings is 2. The molecular weight excluding hydrogens is 462 g/mol. The van der Waals surface area contributed by atoms with Crippen LogP contribution < -0.4 is 5.32 Å². The standard InChI is InChI=1S/C15H16Br3N3/c1-2-3-20-14(5-10-4-11(16)8-19-7-10)15-13(18)6-12(17)9-21-15/h4,6-9,14,20H,2-3,5H2,1H3. The zero-order valence-corrected chi connectivity index (χ0v) is 16.4. The van der Waals surface area contributed by atoms with Crippen molar-refractivity contribution in [1.82, 2.24) is 15.3 Å². The Morgan fingerprint density at radius 1 is 1.10 bits per heavy atom. The molecule has 112 valence electrons. The molecule has 1 unspecified atom stereocenters. The molecule has 2 rings (SSSR count). The summed E-state index contributed by atoms with van der Waals surface area (Å²) in [6.07, 6.45) is 7.46. The summed E-state index contributed by atoms with van der Waals surface area (Å²) in [6.45, 7) is 3.12. The fourth-order valence-electron chi connectivity index (χ4n) is 2.07. The van der Waals surface area contributed by atoms with Gasteiger partial charge in [0.1, 0.15) is 0 Å². The highest BCUT2D eigenvalue weighted by Gasteiger charge is 2.16. The summed E-state index contributed by atoms with van der Waals surface area (Å²) in [5, 5.41) is 3.56. The van der Waals surface area contributed by atoms with Gasteiger partial charge in [0.05, 0.1) is 11.7 Å². The van der Waals surface area contributed by atoms with Crippen molar-refractivity contribution in [2.45, 2.75) is 25.8 Å². The van der Waals surface area contributed by atoms with Gasteiger partial charge in [-0.2, -0.15) is 0 Å². The molecular formula is C15H16Br3N3. The summed E-state index contributed by atoms with van der Waals surface area (Å²) >= 11 is 10.5. The number of hydrogen-bond donors (Lipinski definition) is 1. The van der Waals surface area contributed by atoms with Crippen molar-refractivity contribution < 1.29 is 0 Å². The van der Waals surface area contributed by atoms with Gasteiger partial charge in [0.15, 0.2) is 0 Å². The summed E-state index contributed by atoms with van der Waals surface area (Å²) in [6, 6.07) is 4.28. The lowest BCUT2D eigenvalue weighted by molar-refractivity contribution is 0.515. The van der Waals surface area contributed by atoms with E-state index in [0.29, 0.717) is 0 Å². The van der Waals surface area contributed by atoms with E-state index in [9.17, 15) is 0 Å². The minimum atomic E-state index is 0.156. The molecule has 0 spiro atoms. The first-order valence-electron chi connectivity index (χ1n) is 6.74. The van der Waals surface area contributed by atoms with Gasteiger partial charge in [0, 0.05) is 32.0 Å². The first kappa shape index (κ1) is 17.1. The van der Waals surface area contributed by atoms with E-state index in [4.69, 9.17) is 0 Å². The minimum absolute atomic E-state index is 0.156. The molecule has 6 heteroatoms. The molecule has 1 N–H and O–H groups in total. The molecule has 0 radical (unpaired) electrons. The second kappa shape index (κ2) is 8.36. The van der Waals surface area contributed by atoms with Gasteiger partial charge in [-0.15, -0.1) is 0 Å². The molecule has 0 aliphatic carbocycles. The Labute approximate surface area is 150 Å². The molecule has 0 aliphatic heterocycles. The maximum absolute atomic E-state index is 4.56. The van der Waals surface area contributed by atoms with Crippen LogP contribution in [0.2, 0.25) is 0 Å². The van der Waals surface area contributed by atoms with Crippen molar-refractivity contribution in [3.63, 3.8) is 0 Å². The summed E-state index contributed by atoms with van der Waals surface area (Å²) < 4.78 is 2.97. The molecule has 2 aromatic heterocycles. The first-order valence-corrected chi connectivity index (χ1v) is 9.11. The molecule has 0 aliphatic rings. The zero-order valence-electron chi connectivity index (χ0n) is 11.6. The number of hydrogen-bond acceptors (Lipinski definition) is 3. The fourth-order valence-corrected chi connectivity index (χ4v) is 3.74. The van der Waals surface area contributed by atoms with Crippen LogP contribution in [0.5, 0.6) is 0 Å². The van der Waals surface area contributed by atoms with Gasteiger partial charge in [0.2, 0.25) is 0 Å². The van der Waals surface area contributed by atoms with Gasteiger partial charge < -0.3 is 5.32 Å². The van der Waals surface area contributed by atoms with E-state index >= 15 is 0 Å². The average molecular weight is 478 g/mol. The molecule has 21 heavy (non-hydrogen) atoms. The van der Waals surface area contributed by atoms with Gasteiger partial charge in [-0.1, -0.05) is 6.92 Å². The van der Waals surface area contributed by atoms with E-state index in [0.717, 1.165) is 38.5 Å². The lowest BCUT2D eigenvalue weighted by atomic mass is 10.0. The smallest absolute Gasteiger partial charge is 0.0719 e. The van der Waals surface area contributed by atoms with Crippen LogP contribution >= 0.6 is 47.8 Å². The molecule has 2 aromatic rings. The molecule has 0 saturated carbocycles. The van der Waals surface area contributed by atoms with Crippen molar-refractivity contribution in [3.8, 4) is 0 Å². The summed E-state index contributed by atoms with van der Waals surface area (Å²) in [4.78, 5) is 8.79. The van der Waals surface area contributed by atoms with E-state index < -0.39 is 0 Å². The second-order valence-electron chi connectivity index (χ2n) is 4.74. The Kier molecular flexibility index (Phi) is 6.79. The third kappa shape index (κ3) is 5.13. The van der Waals surface area contributed by atoms with Crippen LogP contribution in [0.15, 0.2) is 44.1 Å². The maximum Gasteiger partial charge on any atom is 0.0719 e. The quantitative estimate of drug-likeness (QED) is 0.632. The van der Waals surface area contributed by atoms with Gasteiger partial charge >= 0.3 is 0 Å². The van der Waals surface area contributed by atoms with Crippen molar-refractivity contribution in [2.75, 3.05) is 6.54 Å². The third-order valence-corrected chi connectivity index (χ3v) is 4.51. The number of aromatic nitrogens is 2. The first-order chi connectivity index (χ1) is 10.1. The van der Waals surface area contributed by atoms with Crippen molar-refractivity contribution in [1.29, 1.82) is 0 Å². The van der Waals surface area contributed by atoms with E-state index in [1.807, 2.05) is 18.5 Å². The highest BCUT2D eigenvalue weighted by atomic mass is 79.9. The number of nitrogens with zero attached hydrogens (tertiary/aromatic N) is 2. The van der Waals surface area contributed by atoms with Crippen molar-refractivity contribution in [2.24, 2.45) is 0 Å². The van der Waals surface area contributed by atoms with E-state index in [-0.39, 0.29) is 6.04 Å². The third-order valence-electron chi connectivity index (χ3n) is 3.01. The Bertz CT molecular complexity index is 604. The number of nitrogens with one attached hydrogen (secondary N) is 1. The molecule has 0 amide bonds. The minimum Gasteiger partial charge on any atom is -0.308 e. The second-order valence-corrected chi connectivity index (χ2v) is 7.43. The molecule has 0 fully saturated rings. The Morgan fingerprint density at radius 3 is 2.52 bits per heavy atom.